The molecule has 3 heterocycles. The Hall–Kier alpha value is -2.22. The molecule has 1 aliphatic heterocycles. The molecule has 0 radical (unpaired) electrons. The molecule has 8 heteroatoms. The molecule has 1 saturated heterocycles. The van der Waals surface area contributed by atoms with Gasteiger partial charge in [-0.2, -0.15) is 0 Å². The van der Waals surface area contributed by atoms with Crippen molar-refractivity contribution in [1.82, 2.24) is 20.0 Å². The predicted molar refractivity (Wildman–Crippen MR) is 77.5 cm³/mol. The molecule has 1 aliphatic rings. The Labute approximate surface area is 124 Å². The number of thiazole rings is 1. The summed E-state index contributed by atoms with van der Waals surface area (Å²) in [4.78, 5) is 40.8. The SMILES string of the molecule is O=C(NC1CCCCNC1=O)c1cnc2sccn2c1=O. The molecule has 0 aliphatic carbocycles. The van der Waals surface area contributed by atoms with Gasteiger partial charge in [0.1, 0.15) is 11.6 Å². The van der Waals surface area contributed by atoms with Gasteiger partial charge in [-0.15, -0.1) is 11.3 Å². The van der Waals surface area contributed by atoms with Crippen molar-refractivity contribution < 1.29 is 9.59 Å². The predicted octanol–water partition coefficient (Wildman–Crippen LogP) is 0.154. The molecule has 1 fully saturated rings. The third-order valence-electron chi connectivity index (χ3n) is 3.43. The van der Waals surface area contributed by atoms with Crippen LogP contribution >= 0.6 is 11.3 Å². The molecular formula is C13H14N4O3S. The van der Waals surface area contributed by atoms with Crippen molar-refractivity contribution >= 4 is 28.1 Å². The average molecular weight is 306 g/mol. The van der Waals surface area contributed by atoms with Crippen molar-refractivity contribution in [3.05, 3.63) is 33.7 Å². The van der Waals surface area contributed by atoms with Gasteiger partial charge in [0.05, 0.1) is 0 Å². The Morgan fingerprint density at radius 1 is 1.43 bits per heavy atom. The molecule has 0 aromatic carbocycles. The molecule has 0 bridgehead atoms. The van der Waals surface area contributed by atoms with E-state index in [2.05, 4.69) is 15.6 Å². The lowest BCUT2D eigenvalue weighted by Crippen LogP contribution is -2.46. The Morgan fingerprint density at radius 3 is 3.14 bits per heavy atom. The van der Waals surface area contributed by atoms with E-state index in [1.54, 1.807) is 11.6 Å². The number of fused-ring (bicyclic) bond motifs is 1. The van der Waals surface area contributed by atoms with Gasteiger partial charge in [0, 0.05) is 24.3 Å². The lowest BCUT2D eigenvalue weighted by Gasteiger charge is -2.14. The van der Waals surface area contributed by atoms with E-state index in [-0.39, 0.29) is 11.5 Å². The Balaban J connectivity index is 1.85. The first-order chi connectivity index (χ1) is 10.2. The zero-order valence-electron chi connectivity index (χ0n) is 11.2. The van der Waals surface area contributed by atoms with Gasteiger partial charge in [0.2, 0.25) is 5.91 Å². The summed E-state index contributed by atoms with van der Waals surface area (Å²) in [5, 5.41) is 7.09. The molecule has 2 aromatic rings. The fraction of sp³-hybridized carbons (Fsp3) is 0.385. The van der Waals surface area contributed by atoms with Gasteiger partial charge in [-0.05, 0) is 19.3 Å². The molecule has 1 atom stereocenters. The second-order valence-electron chi connectivity index (χ2n) is 4.85. The Bertz CT molecular complexity index is 751. The number of hydrogen-bond donors (Lipinski definition) is 2. The molecule has 7 nitrogen and oxygen atoms in total. The van der Waals surface area contributed by atoms with Gasteiger partial charge >= 0.3 is 0 Å². The second kappa shape index (κ2) is 5.65. The molecule has 0 spiro atoms. The van der Waals surface area contributed by atoms with E-state index in [4.69, 9.17) is 0 Å². The van der Waals surface area contributed by atoms with Crippen LogP contribution in [-0.2, 0) is 4.79 Å². The van der Waals surface area contributed by atoms with Gasteiger partial charge in [-0.1, -0.05) is 0 Å². The molecule has 1 unspecified atom stereocenters. The zero-order valence-corrected chi connectivity index (χ0v) is 12.0. The highest BCUT2D eigenvalue weighted by molar-refractivity contribution is 7.15. The van der Waals surface area contributed by atoms with E-state index in [0.717, 1.165) is 12.8 Å². The van der Waals surface area contributed by atoms with Crippen LogP contribution in [0.3, 0.4) is 0 Å². The van der Waals surface area contributed by atoms with Crippen molar-refractivity contribution in [2.24, 2.45) is 0 Å². The molecule has 2 aromatic heterocycles. The largest absolute Gasteiger partial charge is 0.354 e. The van der Waals surface area contributed by atoms with Crippen molar-refractivity contribution in [1.29, 1.82) is 0 Å². The summed E-state index contributed by atoms with van der Waals surface area (Å²) in [6.07, 6.45) is 5.16. The van der Waals surface area contributed by atoms with Crippen LogP contribution in [0.5, 0.6) is 0 Å². The maximum Gasteiger partial charge on any atom is 0.271 e. The number of hydrogen-bond acceptors (Lipinski definition) is 5. The van der Waals surface area contributed by atoms with Crippen LogP contribution in [0.2, 0.25) is 0 Å². The minimum absolute atomic E-state index is 0.0528. The second-order valence-corrected chi connectivity index (χ2v) is 5.72. The fourth-order valence-electron chi connectivity index (χ4n) is 2.29. The average Bonchev–Trinajstić information content (AvgIpc) is 2.86. The molecule has 2 N–H and O–H groups in total. The van der Waals surface area contributed by atoms with E-state index in [1.165, 1.54) is 21.9 Å². The van der Waals surface area contributed by atoms with Crippen molar-refractivity contribution in [2.45, 2.75) is 25.3 Å². The monoisotopic (exact) mass is 306 g/mol. The molecule has 3 rings (SSSR count). The van der Waals surface area contributed by atoms with Crippen molar-refractivity contribution in [3.8, 4) is 0 Å². The van der Waals surface area contributed by atoms with Crippen LogP contribution in [0.4, 0.5) is 0 Å². The highest BCUT2D eigenvalue weighted by Crippen LogP contribution is 2.08. The van der Waals surface area contributed by atoms with Crippen LogP contribution in [-0.4, -0.2) is 33.8 Å². The van der Waals surface area contributed by atoms with Crippen LogP contribution in [0.1, 0.15) is 29.6 Å². The number of aromatic nitrogens is 2. The molecule has 0 saturated carbocycles. The molecular weight excluding hydrogens is 292 g/mol. The minimum Gasteiger partial charge on any atom is -0.354 e. The summed E-state index contributed by atoms with van der Waals surface area (Å²) < 4.78 is 1.33. The third-order valence-corrected chi connectivity index (χ3v) is 4.20. The number of amides is 2. The van der Waals surface area contributed by atoms with E-state index in [1.807, 2.05) is 0 Å². The molecule has 110 valence electrons. The smallest absolute Gasteiger partial charge is 0.271 e. The van der Waals surface area contributed by atoms with Crippen LogP contribution in [0.25, 0.3) is 4.96 Å². The zero-order chi connectivity index (χ0) is 14.8. The van der Waals surface area contributed by atoms with Crippen LogP contribution < -0.4 is 16.2 Å². The van der Waals surface area contributed by atoms with Crippen molar-refractivity contribution in [3.63, 3.8) is 0 Å². The summed E-state index contributed by atoms with van der Waals surface area (Å²) >= 11 is 1.32. The van der Waals surface area contributed by atoms with E-state index < -0.39 is 17.5 Å². The summed E-state index contributed by atoms with van der Waals surface area (Å²) in [7, 11) is 0. The van der Waals surface area contributed by atoms with Gasteiger partial charge in [-0.3, -0.25) is 18.8 Å². The maximum atomic E-state index is 12.2. The number of nitrogens with one attached hydrogen (secondary N) is 2. The van der Waals surface area contributed by atoms with Gasteiger partial charge in [0.15, 0.2) is 4.96 Å². The summed E-state index contributed by atoms with van der Waals surface area (Å²) in [5.41, 5.74) is -0.476. The standard InChI is InChI=1S/C13H14N4O3S/c18-10(16-9-3-1-2-4-14-11(9)19)8-7-15-13-17(12(8)20)5-6-21-13/h5-7,9H,1-4H2,(H,14,19)(H,16,18). The van der Waals surface area contributed by atoms with Gasteiger partial charge in [0.25, 0.3) is 11.5 Å². The van der Waals surface area contributed by atoms with Crippen LogP contribution in [0.15, 0.2) is 22.6 Å². The normalized spacial score (nSPS) is 19.0. The molecule has 2 amide bonds. The summed E-state index contributed by atoms with van der Waals surface area (Å²) in [6.45, 7) is 0.621. The Kier molecular flexibility index (Phi) is 3.70. The van der Waals surface area contributed by atoms with Gasteiger partial charge < -0.3 is 10.6 Å². The fourth-order valence-corrected chi connectivity index (χ4v) is 2.97. The summed E-state index contributed by atoms with van der Waals surface area (Å²) in [6, 6.07) is -0.595. The first-order valence-corrected chi connectivity index (χ1v) is 7.58. The topological polar surface area (TPSA) is 92.6 Å². The number of rotatable bonds is 2. The van der Waals surface area contributed by atoms with Crippen molar-refractivity contribution in [2.75, 3.05) is 6.54 Å². The first kappa shape index (κ1) is 13.7. The minimum atomic E-state index is -0.595. The Morgan fingerprint density at radius 2 is 2.29 bits per heavy atom. The number of carbonyl (C=O) groups is 2. The number of nitrogens with zero attached hydrogens (tertiary/aromatic N) is 2. The van der Waals surface area contributed by atoms with Crippen LogP contribution in [0, 0.1) is 0 Å². The first-order valence-electron chi connectivity index (χ1n) is 6.70. The highest BCUT2D eigenvalue weighted by Gasteiger charge is 2.24. The number of carbonyl (C=O) groups excluding carboxylic acids is 2. The van der Waals surface area contributed by atoms with Gasteiger partial charge in [-0.25, -0.2) is 4.98 Å². The lowest BCUT2D eigenvalue weighted by atomic mass is 10.1. The van der Waals surface area contributed by atoms with E-state index >= 15 is 0 Å². The lowest BCUT2D eigenvalue weighted by molar-refractivity contribution is -0.122. The summed E-state index contributed by atoms with van der Waals surface area (Å²) in [5.74, 6) is -0.763. The highest BCUT2D eigenvalue weighted by atomic mass is 32.1. The molecule has 21 heavy (non-hydrogen) atoms. The quantitative estimate of drug-likeness (QED) is 0.826. The third kappa shape index (κ3) is 2.66. The van der Waals surface area contributed by atoms with E-state index in [9.17, 15) is 14.4 Å². The maximum absolute atomic E-state index is 12.2. The van der Waals surface area contributed by atoms with E-state index in [0.29, 0.717) is 17.9 Å².